The fraction of sp³-hybridized carbons (Fsp3) is 0.400. The van der Waals surface area contributed by atoms with Gasteiger partial charge in [-0.15, -0.1) is 0 Å². The number of amides is 2. The van der Waals surface area contributed by atoms with Crippen molar-refractivity contribution in [1.29, 1.82) is 0 Å². The van der Waals surface area contributed by atoms with E-state index in [-0.39, 0.29) is 23.8 Å². The fourth-order valence-corrected chi connectivity index (χ4v) is 2.48. The number of ketones is 1. The Bertz CT molecular complexity index is 553. The van der Waals surface area contributed by atoms with Crippen LogP contribution in [-0.2, 0) is 4.79 Å². The molecule has 1 fully saturated rings. The van der Waals surface area contributed by atoms with Crippen LogP contribution in [0.3, 0.4) is 0 Å². The standard InChI is InChI=1S/C15H18N2O4/c1-9(18)10-2-5-12(6-3-10)16-15(21)17-13-7-4-11(8-13)14(19)20/h2-3,5-6,11,13H,4,7-8H2,1H3,(H,19,20)(H2,16,17,21)/t11-,13+/m1/s1. The highest BCUT2D eigenvalue weighted by atomic mass is 16.4. The van der Waals surface area contributed by atoms with E-state index in [2.05, 4.69) is 10.6 Å². The summed E-state index contributed by atoms with van der Waals surface area (Å²) < 4.78 is 0. The van der Waals surface area contributed by atoms with E-state index in [1.807, 2.05) is 0 Å². The number of benzene rings is 1. The lowest BCUT2D eigenvalue weighted by molar-refractivity contribution is -0.141. The summed E-state index contributed by atoms with van der Waals surface area (Å²) in [6.07, 6.45) is 1.73. The van der Waals surface area contributed by atoms with Crippen molar-refractivity contribution in [2.24, 2.45) is 5.92 Å². The second-order valence-electron chi connectivity index (χ2n) is 5.28. The predicted octanol–water partition coefficient (Wildman–Crippen LogP) is 2.26. The van der Waals surface area contributed by atoms with E-state index in [0.29, 0.717) is 30.5 Å². The van der Waals surface area contributed by atoms with Gasteiger partial charge < -0.3 is 15.7 Å². The van der Waals surface area contributed by atoms with Gasteiger partial charge in [0.25, 0.3) is 0 Å². The van der Waals surface area contributed by atoms with Crippen molar-refractivity contribution in [3.63, 3.8) is 0 Å². The molecule has 6 heteroatoms. The lowest BCUT2D eigenvalue weighted by Gasteiger charge is -2.13. The van der Waals surface area contributed by atoms with E-state index in [4.69, 9.17) is 5.11 Å². The molecule has 1 aromatic carbocycles. The molecule has 0 radical (unpaired) electrons. The third kappa shape index (κ3) is 4.05. The number of carboxylic acid groups (broad SMARTS) is 1. The molecule has 0 aromatic heterocycles. The Labute approximate surface area is 122 Å². The minimum atomic E-state index is -0.806. The van der Waals surface area contributed by atoms with Crippen molar-refractivity contribution in [2.75, 3.05) is 5.32 Å². The fourth-order valence-electron chi connectivity index (χ4n) is 2.48. The number of Topliss-reactive ketones (excluding diaryl/α,β-unsaturated/α-hetero) is 1. The molecule has 112 valence electrons. The quantitative estimate of drug-likeness (QED) is 0.741. The van der Waals surface area contributed by atoms with Crippen LogP contribution in [0.1, 0.15) is 36.5 Å². The number of carbonyl (C=O) groups is 3. The van der Waals surface area contributed by atoms with Crippen LogP contribution < -0.4 is 10.6 Å². The average Bonchev–Trinajstić information content (AvgIpc) is 2.87. The molecule has 1 aliphatic rings. The Morgan fingerprint density at radius 3 is 2.33 bits per heavy atom. The summed E-state index contributed by atoms with van der Waals surface area (Å²) in [7, 11) is 0. The smallest absolute Gasteiger partial charge is 0.319 e. The van der Waals surface area contributed by atoms with Crippen LogP contribution in [0.5, 0.6) is 0 Å². The van der Waals surface area contributed by atoms with Gasteiger partial charge in [-0.2, -0.15) is 0 Å². The third-order valence-corrected chi connectivity index (χ3v) is 3.67. The van der Waals surface area contributed by atoms with Gasteiger partial charge in [-0.1, -0.05) is 0 Å². The Kier molecular flexibility index (Phi) is 4.57. The highest BCUT2D eigenvalue weighted by molar-refractivity contribution is 5.95. The van der Waals surface area contributed by atoms with Gasteiger partial charge in [0.2, 0.25) is 0 Å². The first kappa shape index (κ1) is 15.0. The van der Waals surface area contributed by atoms with Crippen LogP contribution in [0.2, 0.25) is 0 Å². The van der Waals surface area contributed by atoms with Crippen LogP contribution in [-0.4, -0.2) is 28.9 Å². The molecule has 21 heavy (non-hydrogen) atoms. The number of anilines is 1. The van der Waals surface area contributed by atoms with Crippen molar-refractivity contribution in [3.05, 3.63) is 29.8 Å². The van der Waals surface area contributed by atoms with E-state index >= 15 is 0 Å². The van der Waals surface area contributed by atoms with Crippen LogP contribution in [0.4, 0.5) is 10.5 Å². The van der Waals surface area contributed by atoms with Gasteiger partial charge in [0, 0.05) is 17.3 Å². The van der Waals surface area contributed by atoms with Gasteiger partial charge in [0.05, 0.1) is 5.92 Å². The molecule has 6 nitrogen and oxygen atoms in total. The molecule has 0 heterocycles. The van der Waals surface area contributed by atoms with Crippen LogP contribution in [0, 0.1) is 5.92 Å². The maximum atomic E-state index is 11.8. The van der Waals surface area contributed by atoms with E-state index in [0.717, 1.165) is 0 Å². The monoisotopic (exact) mass is 290 g/mol. The molecular weight excluding hydrogens is 272 g/mol. The Morgan fingerprint density at radius 1 is 1.14 bits per heavy atom. The minimum Gasteiger partial charge on any atom is -0.481 e. The molecule has 0 saturated heterocycles. The summed E-state index contributed by atoms with van der Waals surface area (Å²) in [5, 5.41) is 14.4. The number of urea groups is 1. The molecule has 0 spiro atoms. The number of hydrogen-bond acceptors (Lipinski definition) is 3. The molecule has 2 rings (SSSR count). The molecule has 0 aliphatic heterocycles. The number of carboxylic acids is 1. The van der Waals surface area contributed by atoms with Crippen molar-refractivity contribution in [2.45, 2.75) is 32.2 Å². The molecular formula is C15H18N2O4. The molecule has 1 aromatic rings. The first-order valence-corrected chi connectivity index (χ1v) is 6.87. The van der Waals surface area contributed by atoms with Crippen LogP contribution in [0.25, 0.3) is 0 Å². The number of nitrogens with one attached hydrogen (secondary N) is 2. The largest absolute Gasteiger partial charge is 0.481 e. The second-order valence-corrected chi connectivity index (χ2v) is 5.28. The maximum Gasteiger partial charge on any atom is 0.319 e. The van der Waals surface area contributed by atoms with Gasteiger partial charge in [0.1, 0.15) is 0 Å². The topological polar surface area (TPSA) is 95.5 Å². The van der Waals surface area contributed by atoms with Crippen LogP contribution >= 0.6 is 0 Å². The van der Waals surface area contributed by atoms with Crippen LogP contribution in [0.15, 0.2) is 24.3 Å². The van der Waals surface area contributed by atoms with E-state index < -0.39 is 5.97 Å². The second kappa shape index (κ2) is 6.39. The van der Waals surface area contributed by atoms with Crippen molar-refractivity contribution in [3.8, 4) is 0 Å². The Balaban J connectivity index is 1.85. The average molecular weight is 290 g/mol. The lowest BCUT2D eigenvalue weighted by Crippen LogP contribution is -2.36. The first-order chi connectivity index (χ1) is 9.95. The zero-order valence-corrected chi connectivity index (χ0v) is 11.8. The zero-order valence-electron chi connectivity index (χ0n) is 11.8. The minimum absolute atomic E-state index is 0.0309. The summed E-state index contributed by atoms with van der Waals surface area (Å²) in [6, 6.07) is 6.14. The lowest BCUT2D eigenvalue weighted by atomic mass is 10.1. The number of carbonyl (C=O) groups excluding carboxylic acids is 2. The molecule has 1 saturated carbocycles. The molecule has 0 unspecified atom stereocenters. The number of hydrogen-bond donors (Lipinski definition) is 3. The van der Waals surface area contributed by atoms with Crippen molar-refractivity contribution in [1.82, 2.24) is 5.32 Å². The summed E-state index contributed by atoms with van der Waals surface area (Å²) in [4.78, 5) is 33.8. The summed E-state index contributed by atoms with van der Waals surface area (Å²) >= 11 is 0. The Morgan fingerprint density at radius 2 is 1.81 bits per heavy atom. The number of rotatable bonds is 4. The van der Waals surface area contributed by atoms with Gasteiger partial charge in [-0.3, -0.25) is 9.59 Å². The van der Waals surface area contributed by atoms with Gasteiger partial charge >= 0.3 is 12.0 Å². The highest BCUT2D eigenvalue weighted by Gasteiger charge is 2.30. The summed E-state index contributed by atoms with van der Waals surface area (Å²) in [5.41, 5.74) is 1.17. The van der Waals surface area contributed by atoms with Gasteiger partial charge in [-0.05, 0) is 50.5 Å². The molecule has 2 atom stereocenters. The van der Waals surface area contributed by atoms with E-state index in [1.165, 1.54) is 6.92 Å². The molecule has 3 N–H and O–H groups in total. The first-order valence-electron chi connectivity index (χ1n) is 6.87. The molecule has 2 amide bonds. The summed E-state index contributed by atoms with van der Waals surface area (Å²) in [6.45, 7) is 1.48. The molecule has 0 bridgehead atoms. The number of aliphatic carboxylic acids is 1. The van der Waals surface area contributed by atoms with E-state index in [9.17, 15) is 14.4 Å². The maximum absolute atomic E-state index is 11.8. The predicted molar refractivity (Wildman–Crippen MR) is 77.4 cm³/mol. The van der Waals surface area contributed by atoms with Crippen molar-refractivity contribution < 1.29 is 19.5 Å². The van der Waals surface area contributed by atoms with E-state index in [1.54, 1.807) is 24.3 Å². The highest BCUT2D eigenvalue weighted by Crippen LogP contribution is 2.25. The van der Waals surface area contributed by atoms with Gasteiger partial charge in [-0.25, -0.2) is 4.79 Å². The van der Waals surface area contributed by atoms with Gasteiger partial charge in [0.15, 0.2) is 5.78 Å². The normalized spacial score (nSPS) is 20.8. The SMILES string of the molecule is CC(=O)c1ccc(NC(=O)N[C@H]2CC[C@@H](C(=O)O)C2)cc1. The summed E-state index contributed by atoms with van der Waals surface area (Å²) in [5.74, 6) is -1.21. The Hall–Kier alpha value is -2.37. The zero-order chi connectivity index (χ0) is 15.4. The molecule has 1 aliphatic carbocycles. The van der Waals surface area contributed by atoms with Crippen molar-refractivity contribution >= 4 is 23.5 Å². The third-order valence-electron chi connectivity index (χ3n) is 3.67.